The van der Waals surface area contributed by atoms with E-state index in [1.165, 1.54) is 13.2 Å². The van der Waals surface area contributed by atoms with Crippen molar-refractivity contribution in [2.75, 3.05) is 7.11 Å². The SMILES string of the molecule is COC(=O)C(Cc1c[nH]c2ccccc12)NC(=O)Cc1ccccc1F. The molecule has 1 unspecified atom stereocenters. The number of methoxy groups -OCH3 is 1. The fraction of sp³-hybridized carbons (Fsp3) is 0.200. The predicted octanol–water partition coefficient (Wildman–Crippen LogP) is 2.75. The Morgan fingerprint density at radius 2 is 1.85 bits per heavy atom. The topological polar surface area (TPSA) is 71.2 Å². The molecule has 3 aromatic rings. The van der Waals surface area contributed by atoms with E-state index in [-0.39, 0.29) is 18.4 Å². The molecule has 0 aliphatic rings. The molecule has 0 aliphatic carbocycles. The number of fused-ring (bicyclic) bond motifs is 1. The van der Waals surface area contributed by atoms with Gasteiger partial charge in [-0.1, -0.05) is 36.4 Å². The summed E-state index contributed by atoms with van der Waals surface area (Å²) in [5.41, 5.74) is 2.12. The number of halogens is 1. The molecule has 2 N–H and O–H groups in total. The highest BCUT2D eigenvalue weighted by Crippen LogP contribution is 2.19. The smallest absolute Gasteiger partial charge is 0.328 e. The van der Waals surface area contributed by atoms with Gasteiger partial charge in [0.25, 0.3) is 0 Å². The van der Waals surface area contributed by atoms with E-state index in [1.807, 2.05) is 30.5 Å². The van der Waals surface area contributed by atoms with Crippen molar-refractivity contribution >= 4 is 22.8 Å². The minimum absolute atomic E-state index is 0.145. The van der Waals surface area contributed by atoms with Gasteiger partial charge in [-0.3, -0.25) is 4.79 Å². The first kappa shape index (κ1) is 17.7. The van der Waals surface area contributed by atoms with Gasteiger partial charge in [-0.15, -0.1) is 0 Å². The van der Waals surface area contributed by atoms with E-state index in [1.54, 1.807) is 18.2 Å². The Bertz CT molecular complexity index is 935. The van der Waals surface area contributed by atoms with Crippen LogP contribution in [0.5, 0.6) is 0 Å². The van der Waals surface area contributed by atoms with Crippen LogP contribution in [0.25, 0.3) is 10.9 Å². The van der Waals surface area contributed by atoms with E-state index in [4.69, 9.17) is 4.74 Å². The van der Waals surface area contributed by atoms with Crippen LogP contribution in [0.15, 0.2) is 54.7 Å². The van der Waals surface area contributed by atoms with Crippen LogP contribution < -0.4 is 5.32 Å². The molecule has 2 aromatic carbocycles. The van der Waals surface area contributed by atoms with Crippen LogP contribution in [0, 0.1) is 5.82 Å². The Hall–Kier alpha value is -3.15. The van der Waals surface area contributed by atoms with Gasteiger partial charge >= 0.3 is 5.97 Å². The van der Waals surface area contributed by atoms with Crippen LogP contribution in [0.4, 0.5) is 4.39 Å². The number of benzene rings is 2. The number of aromatic amines is 1. The third-order valence-corrected chi connectivity index (χ3v) is 4.23. The number of hydrogen-bond donors (Lipinski definition) is 2. The van der Waals surface area contributed by atoms with E-state index in [2.05, 4.69) is 10.3 Å². The van der Waals surface area contributed by atoms with E-state index in [0.29, 0.717) is 0 Å². The quantitative estimate of drug-likeness (QED) is 0.669. The highest BCUT2D eigenvalue weighted by Gasteiger charge is 2.23. The van der Waals surface area contributed by atoms with Crippen molar-refractivity contribution in [1.82, 2.24) is 10.3 Å². The maximum absolute atomic E-state index is 13.7. The van der Waals surface area contributed by atoms with Gasteiger partial charge < -0.3 is 15.0 Å². The van der Waals surface area contributed by atoms with Crippen molar-refractivity contribution in [2.24, 2.45) is 0 Å². The van der Waals surface area contributed by atoms with Gasteiger partial charge in [-0.25, -0.2) is 9.18 Å². The molecule has 1 heterocycles. The van der Waals surface area contributed by atoms with Gasteiger partial charge in [0.1, 0.15) is 11.9 Å². The second kappa shape index (κ2) is 7.82. The van der Waals surface area contributed by atoms with Crippen LogP contribution in [0.2, 0.25) is 0 Å². The molecule has 1 aromatic heterocycles. The summed E-state index contributed by atoms with van der Waals surface area (Å²) in [4.78, 5) is 27.5. The second-order valence-corrected chi connectivity index (χ2v) is 5.98. The Morgan fingerprint density at radius 1 is 1.12 bits per heavy atom. The highest BCUT2D eigenvalue weighted by molar-refractivity contribution is 5.88. The normalized spacial score (nSPS) is 11.9. The number of H-pyrrole nitrogens is 1. The Balaban J connectivity index is 1.75. The fourth-order valence-corrected chi connectivity index (χ4v) is 2.92. The summed E-state index contributed by atoms with van der Waals surface area (Å²) in [5, 5.41) is 3.63. The van der Waals surface area contributed by atoms with Crippen LogP contribution in [-0.4, -0.2) is 30.0 Å². The maximum Gasteiger partial charge on any atom is 0.328 e. The molecular formula is C20H19FN2O3. The number of nitrogens with one attached hydrogen (secondary N) is 2. The summed E-state index contributed by atoms with van der Waals surface area (Å²) in [7, 11) is 1.27. The van der Waals surface area contributed by atoms with Crippen molar-refractivity contribution in [2.45, 2.75) is 18.9 Å². The van der Waals surface area contributed by atoms with Crippen molar-refractivity contribution in [1.29, 1.82) is 0 Å². The molecule has 26 heavy (non-hydrogen) atoms. The monoisotopic (exact) mass is 354 g/mol. The molecule has 0 fully saturated rings. The molecule has 0 bridgehead atoms. The highest BCUT2D eigenvalue weighted by atomic mass is 19.1. The van der Waals surface area contributed by atoms with Gasteiger partial charge in [0.2, 0.25) is 5.91 Å². The average Bonchev–Trinajstić information content (AvgIpc) is 3.05. The summed E-state index contributed by atoms with van der Waals surface area (Å²) in [5.74, 6) is -1.43. The first-order chi connectivity index (χ1) is 12.6. The summed E-state index contributed by atoms with van der Waals surface area (Å²) in [6.45, 7) is 0. The molecular weight excluding hydrogens is 335 g/mol. The van der Waals surface area contributed by atoms with Gasteiger partial charge in [-0.2, -0.15) is 0 Å². The lowest BCUT2D eigenvalue weighted by Crippen LogP contribution is -2.43. The number of carbonyl (C=O) groups excluding carboxylic acids is 2. The Labute approximate surface area is 150 Å². The lowest BCUT2D eigenvalue weighted by Gasteiger charge is -2.16. The first-order valence-electron chi connectivity index (χ1n) is 8.24. The molecule has 0 saturated carbocycles. The van der Waals surface area contributed by atoms with Gasteiger partial charge in [-0.05, 0) is 23.3 Å². The number of rotatable bonds is 6. The molecule has 0 radical (unpaired) electrons. The molecule has 1 amide bonds. The van der Waals surface area contributed by atoms with E-state index in [0.717, 1.165) is 16.5 Å². The van der Waals surface area contributed by atoms with Crippen molar-refractivity contribution in [3.8, 4) is 0 Å². The van der Waals surface area contributed by atoms with Crippen molar-refractivity contribution < 1.29 is 18.7 Å². The zero-order valence-corrected chi connectivity index (χ0v) is 14.3. The number of para-hydroxylation sites is 1. The summed E-state index contributed by atoms with van der Waals surface area (Å²) < 4.78 is 18.5. The minimum Gasteiger partial charge on any atom is -0.467 e. The van der Waals surface area contributed by atoms with E-state index >= 15 is 0 Å². The van der Waals surface area contributed by atoms with Crippen LogP contribution in [0.3, 0.4) is 0 Å². The average molecular weight is 354 g/mol. The van der Waals surface area contributed by atoms with Crippen molar-refractivity contribution in [3.63, 3.8) is 0 Å². The number of carbonyl (C=O) groups is 2. The van der Waals surface area contributed by atoms with E-state index in [9.17, 15) is 14.0 Å². The van der Waals surface area contributed by atoms with Crippen LogP contribution >= 0.6 is 0 Å². The standard InChI is InChI=1S/C20H19FN2O3/c1-26-20(25)18(10-14-12-22-17-9-5-3-7-15(14)17)23-19(24)11-13-6-2-4-8-16(13)21/h2-9,12,18,22H,10-11H2,1H3,(H,23,24). The zero-order chi connectivity index (χ0) is 18.5. The molecule has 6 heteroatoms. The maximum atomic E-state index is 13.7. The van der Waals surface area contributed by atoms with Crippen molar-refractivity contribution in [3.05, 3.63) is 71.7 Å². The van der Waals surface area contributed by atoms with Gasteiger partial charge in [0.15, 0.2) is 0 Å². The summed E-state index contributed by atoms with van der Waals surface area (Å²) >= 11 is 0. The molecule has 134 valence electrons. The predicted molar refractivity (Wildman–Crippen MR) is 96.1 cm³/mol. The fourth-order valence-electron chi connectivity index (χ4n) is 2.92. The van der Waals surface area contributed by atoms with Gasteiger partial charge in [0.05, 0.1) is 13.5 Å². The Morgan fingerprint density at radius 3 is 2.62 bits per heavy atom. The van der Waals surface area contributed by atoms with E-state index < -0.39 is 23.7 Å². The molecule has 5 nitrogen and oxygen atoms in total. The molecule has 0 aliphatic heterocycles. The number of hydrogen-bond acceptors (Lipinski definition) is 3. The first-order valence-corrected chi connectivity index (χ1v) is 8.24. The summed E-state index contributed by atoms with van der Waals surface area (Å²) in [6.07, 6.45) is 1.94. The molecule has 0 spiro atoms. The number of ether oxygens (including phenoxy) is 1. The molecule has 1 atom stereocenters. The minimum atomic E-state index is -0.849. The largest absolute Gasteiger partial charge is 0.467 e. The van der Waals surface area contributed by atoms with Gasteiger partial charge in [0, 0.05) is 23.5 Å². The van der Waals surface area contributed by atoms with Crippen LogP contribution in [-0.2, 0) is 27.2 Å². The lowest BCUT2D eigenvalue weighted by molar-refractivity contribution is -0.145. The third kappa shape index (κ3) is 3.91. The van der Waals surface area contributed by atoms with Crippen LogP contribution in [0.1, 0.15) is 11.1 Å². The number of amides is 1. The zero-order valence-electron chi connectivity index (χ0n) is 14.3. The Kier molecular flexibility index (Phi) is 5.31. The molecule has 0 saturated heterocycles. The number of esters is 1. The second-order valence-electron chi connectivity index (χ2n) is 5.98. The lowest BCUT2D eigenvalue weighted by atomic mass is 10.0. The third-order valence-electron chi connectivity index (χ3n) is 4.23. The summed E-state index contributed by atoms with van der Waals surface area (Å²) in [6, 6.07) is 12.9. The number of aromatic nitrogens is 1. The molecule has 3 rings (SSSR count).